The molecule has 0 saturated carbocycles. The first kappa shape index (κ1) is 16.1. The van der Waals surface area contributed by atoms with E-state index in [1.165, 1.54) is 18.2 Å². The number of thioether (sulfide) groups is 1. The van der Waals surface area contributed by atoms with Crippen LogP contribution >= 0.6 is 11.8 Å². The minimum atomic E-state index is -4.50. The van der Waals surface area contributed by atoms with E-state index in [1.807, 2.05) is 0 Å². The molecule has 0 bridgehead atoms. The molecular formula is C13H9F3N2O3S. The molecule has 116 valence electrons. The highest BCUT2D eigenvalue weighted by Crippen LogP contribution is 2.33. The van der Waals surface area contributed by atoms with Gasteiger partial charge in [-0.2, -0.15) is 13.2 Å². The number of alkyl halides is 3. The van der Waals surface area contributed by atoms with Crippen molar-refractivity contribution in [1.29, 1.82) is 0 Å². The molecule has 1 aliphatic rings. The van der Waals surface area contributed by atoms with E-state index >= 15 is 0 Å². The highest BCUT2D eigenvalue weighted by atomic mass is 32.2. The molecule has 0 aliphatic carbocycles. The van der Waals surface area contributed by atoms with Crippen LogP contribution in [0.4, 0.5) is 18.0 Å². The highest BCUT2D eigenvalue weighted by Gasteiger charge is 2.36. The quantitative estimate of drug-likeness (QED) is 0.862. The van der Waals surface area contributed by atoms with Crippen LogP contribution in [-0.4, -0.2) is 28.5 Å². The molecule has 0 atom stereocenters. The zero-order valence-electron chi connectivity index (χ0n) is 10.9. The number of nitrogens with zero attached hydrogens (tertiary/aromatic N) is 1. The van der Waals surface area contributed by atoms with E-state index in [0.717, 1.165) is 12.1 Å². The zero-order valence-corrected chi connectivity index (χ0v) is 11.7. The van der Waals surface area contributed by atoms with E-state index in [0.29, 0.717) is 16.7 Å². The second kappa shape index (κ2) is 5.84. The van der Waals surface area contributed by atoms with Crippen molar-refractivity contribution >= 4 is 34.9 Å². The summed E-state index contributed by atoms with van der Waals surface area (Å²) in [5.41, 5.74) is 4.18. The molecule has 22 heavy (non-hydrogen) atoms. The van der Waals surface area contributed by atoms with Gasteiger partial charge < -0.3 is 5.73 Å². The molecule has 2 N–H and O–H groups in total. The van der Waals surface area contributed by atoms with E-state index < -0.39 is 35.3 Å². The van der Waals surface area contributed by atoms with Crippen molar-refractivity contribution in [3.05, 3.63) is 40.3 Å². The monoisotopic (exact) mass is 330 g/mol. The molecule has 1 fully saturated rings. The molecule has 1 aromatic carbocycles. The van der Waals surface area contributed by atoms with Crippen LogP contribution in [0, 0.1) is 0 Å². The third-order valence-electron chi connectivity index (χ3n) is 2.70. The van der Waals surface area contributed by atoms with Gasteiger partial charge in [0.05, 0.1) is 10.5 Å². The second-order valence-electron chi connectivity index (χ2n) is 4.36. The summed E-state index contributed by atoms with van der Waals surface area (Å²) in [6.45, 7) is -0.565. The molecule has 3 amide bonds. The first-order valence-corrected chi connectivity index (χ1v) is 6.71. The zero-order chi connectivity index (χ0) is 16.5. The number of halogens is 3. The Morgan fingerprint density at radius 3 is 2.59 bits per heavy atom. The highest BCUT2D eigenvalue weighted by molar-refractivity contribution is 8.18. The van der Waals surface area contributed by atoms with Gasteiger partial charge in [0, 0.05) is 0 Å². The molecular weight excluding hydrogens is 321 g/mol. The number of rotatable bonds is 3. The number of imide groups is 1. The average molecular weight is 330 g/mol. The lowest BCUT2D eigenvalue weighted by molar-refractivity contribution is -0.137. The summed E-state index contributed by atoms with van der Waals surface area (Å²) in [6, 6.07) is 4.33. The normalized spacial score (nSPS) is 17.4. The third-order valence-corrected chi connectivity index (χ3v) is 3.61. The summed E-state index contributed by atoms with van der Waals surface area (Å²) in [4.78, 5) is 34.9. The Morgan fingerprint density at radius 2 is 2.00 bits per heavy atom. The van der Waals surface area contributed by atoms with Gasteiger partial charge in [0.15, 0.2) is 0 Å². The third kappa shape index (κ3) is 3.48. The lowest BCUT2D eigenvalue weighted by Gasteiger charge is -2.08. The number of nitrogens with two attached hydrogens (primary N) is 1. The van der Waals surface area contributed by atoms with Crippen molar-refractivity contribution < 1.29 is 27.6 Å². The van der Waals surface area contributed by atoms with Gasteiger partial charge in [0.2, 0.25) is 5.91 Å². The Kier molecular flexibility index (Phi) is 4.27. The van der Waals surface area contributed by atoms with Gasteiger partial charge >= 0.3 is 6.18 Å². The molecule has 1 aliphatic heterocycles. The van der Waals surface area contributed by atoms with Crippen molar-refractivity contribution in [2.75, 3.05) is 6.54 Å². The van der Waals surface area contributed by atoms with Crippen LogP contribution in [-0.2, 0) is 15.8 Å². The first-order chi connectivity index (χ1) is 10.2. The molecule has 1 aromatic rings. The smallest absolute Gasteiger partial charge is 0.368 e. The molecule has 0 aromatic heterocycles. The molecule has 2 rings (SSSR count). The maximum atomic E-state index is 12.6. The van der Waals surface area contributed by atoms with Crippen molar-refractivity contribution in [3.63, 3.8) is 0 Å². The van der Waals surface area contributed by atoms with E-state index in [4.69, 9.17) is 5.73 Å². The number of hydrogen-bond acceptors (Lipinski definition) is 4. The minimum absolute atomic E-state index is 0.0643. The largest absolute Gasteiger partial charge is 0.416 e. The van der Waals surface area contributed by atoms with Gasteiger partial charge in [0.25, 0.3) is 11.1 Å². The van der Waals surface area contributed by atoms with E-state index in [9.17, 15) is 27.6 Å². The number of benzene rings is 1. The fourth-order valence-corrected chi connectivity index (χ4v) is 2.59. The van der Waals surface area contributed by atoms with Crippen LogP contribution in [0.2, 0.25) is 0 Å². The Hall–Kier alpha value is -2.29. The molecule has 9 heteroatoms. The SMILES string of the molecule is NC(=O)CN1C(=O)S/C(=C\c2cccc(C(F)(F)F)c2)C1=O. The van der Waals surface area contributed by atoms with Crippen LogP contribution in [0.1, 0.15) is 11.1 Å². The Morgan fingerprint density at radius 1 is 1.32 bits per heavy atom. The van der Waals surface area contributed by atoms with Gasteiger partial charge in [-0.3, -0.25) is 19.3 Å². The van der Waals surface area contributed by atoms with Crippen LogP contribution < -0.4 is 5.73 Å². The maximum absolute atomic E-state index is 12.6. The Labute approximate surface area is 126 Å². The van der Waals surface area contributed by atoms with Gasteiger partial charge in [-0.1, -0.05) is 12.1 Å². The summed E-state index contributed by atoms with van der Waals surface area (Å²) < 4.78 is 37.9. The summed E-state index contributed by atoms with van der Waals surface area (Å²) in [5.74, 6) is -1.62. The minimum Gasteiger partial charge on any atom is -0.368 e. The predicted molar refractivity (Wildman–Crippen MR) is 73.3 cm³/mol. The molecule has 1 saturated heterocycles. The molecule has 5 nitrogen and oxygen atoms in total. The molecule has 0 unspecified atom stereocenters. The lowest BCUT2D eigenvalue weighted by atomic mass is 10.1. The summed E-state index contributed by atoms with van der Waals surface area (Å²) in [5, 5.41) is -0.693. The average Bonchev–Trinajstić information content (AvgIpc) is 2.65. The van der Waals surface area contributed by atoms with E-state index in [-0.39, 0.29) is 10.5 Å². The van der Waals surface area contributed by atoms with Crippen LogP contribution in [0.3, 0.4) is 0 Å². The molecule has 1 heterocycles. The molecule has 0 spiro atoms. The number of primary amides is 1. The van der Waals surface area contributed by atoms with E-state index in [1.54, 1.807) is 0 Å². The number of carbonyl (C=O) groups excluding carboxylic acids is 3. The standard InChI is InChI=1S/C13H9F3N2O3S/c14-13(15,16)8-3-1-2-7(4-8)5-9-11(20)18(6-10(17)19)12(21)22-9/h1-5H,6H2,(H2,17,19)/b9-5-. The predicted octanol–water partition coefficient (Wildman–Crippen LogP) is 2.23. The van der Waals surface area contributed by atoms with E-state index in [2.05, 4.69) is 0 Å². The number of amides is 3. The maximum Gasteiger partial charge on any atom is 0.416 e. The van der Waals surface area contributed by atoms with Gasteiger partial charge in [-0.15, -0.1) is 0 Å². The van der Waals surface area contributed by atoms with Crippen molar-refractivity contribution in [2.45, 2.75) is 6.18 Å². The summed E-state index contributed by atoms with van der Waals surface area (Å²) in [6.07, 6.45) is -3.34. The van der Waals surface area contributed by atoms with Crippen LogP contribution in [0.15, 0.2) is 29.2 Å². The van der Waals surface area contributed by atoms with Crippen LogP contribution in [0.25, 0.3) is 6.08 Å². The summed E-state index contributed by atoms with van der Waals surface area (Å²) >= 11 is 0.541. The van der Waals surface area contributed by atoms with Crippen molar-refractivity contribution in [3.8, 4) is 0 Å². The topological polar surface area (TPSA) is 80.5 Å². The fraction of sp³-hybridized carbons (Fsp3) is 0.154. The second-order valence-corrected chi connectivity index (χ2v) is 5.35. The number of carbonyl (C=O) groups is 3. The van der Waals surface area contributed by atoms with Gasteiger partial charge in [-0.25, -0.2) is 0 Å². The summed E-state index contributed by atoms with van der Waals surface area (Å²) in [7, 11) is 0. The lowest BCUT2D eigenvalue weighted by Crippen LogP contribution is -2.36. The Bertz CT molecular complexity index is 685. The fourth-order valence-electron chi connectivity index (χ4n) is 1.75. The van der Waals surface area contributed by atoms with Crippen molar-refractivity contribution in [1.82, 2.24) is 4.90 Å². The van der Waals surface area contributed by atoms with Crippen LogP contribution in [0.5, 0.6) is 0 Å². The van der Waals surface area contributed by atoms with Crippen molar-refractivity contribution in [2.24, 2.45) is 5.73 Å². The molecule has 0 radical (unpaired) electrons. The number of hydrogen-bond donors (Lipinski definition) is 1. The van der Waals surface area contributed by atoms with Gasteiger partial charge in [0.1, 0.15) is 6.54 Å². The van der Waals surface area contributed by atoms with Gasteiger partial charge in [-0.05, 0) is 35.5 Å². The first-order valence-electron chi connectivity index (χ1n) is 5.89. The Balaban J connectivity index is 2.29.